The Morgan fingerprint density at radius 2 is 2.05 bits per heavy atom. The van der Waals surface area contributed by atoms with E-state index in [0.717, 1.165) is 25.7 Å². The monoisotopic (exact) mass is 284 g/mol. The summed E-state index contributed by atoms with van der Waals surface area (Å²) in [7, 11) is 0. The number of amides is 1. The lowest BCUT2D eigenvalue weighted by Crippen LogP contribution is -2.56. The maximum absolute atomic E-state index is 12.4. The van der Waals surface area contributed by atoms with Gasteiger partial charge < -0.3 is 15.7 Å². The lowest BCUT2D eigenvalue weighted by atomic mass is 9.86. The van der Waals surface area contributed by atoms with Crippen LogP contribution < -0.4 is 5.73 Å². The molecule has 1 heterocycles. The Bertz CT molecular complexity index is 346. The van der Waals surface area contributed by atoms with Gasteiger partial charge in [-0.1, -0.05) is 40.0 Å². The molecule has 1 aliphatic heterocycles. The van der Waals surface area contributed by atoms with Crippen LogP contribution in [-0.4, -0.2) is 40.5 Å². The number of likely N-dealkylation sites (tertiary alicyclic amines) is 1. The van der Waals surface area contributed by atoms with Crippen LogP contribution in [0.2, 0.25) is 0 Å². The highest BCUT2D eigenvalue weighted by Gasteiger charge is 2.38. The van der Waals surface area contributed by atoms with Gasteiger partial charge in [-0.3, -0.25) is 4.79 Å². The molecule has 0 aliphatic carbocycles. The van der Waals surface area contributed by atoms with Crippen molar-refractivity contribution in [3.8, 4) is 0 Å². The summed E-state index contributed by atoms with van der Waals surface area (Å²) in [6.07, 6.45) is 4.34. The van der Waals surface area contributed by atoms with E-state index in [1.807, 2.05) is 13.8 Å². The quantitative estimate of drug-likeness (QED) is 0.779. The van der Waals surface area contributed by atoms with E-state index in [2.05, 4.69) is 6.92 Å². The van der Waals surface area contributed by atoms with Gasteiger partial charge in [0, 0.05) is 6.54 Å². The van der Waals surface area contributed by atoms with Crippen molar-refractivity contribution < 1.29 is 14.7 Å². The number of carbonyl (C=O) groups is 2. The van der Waals surface area contributed by atoms with E-state index in [0.29, 0.717) is 18.9 Å². The highest BCUT2D eigenvalue weighted by Crippen LogP contribution is 2.27. The summed E-state index contributed by atoms with van der Waals surface area (Å²) in [5.41, 5.74) is 5.97. The van der Waals surface area contributed by atoms with Crippen LogP contribution in [0, 0.1) is 11.8 Å². The van der Waals surface area contributed by atoms with Crippen LogP contribution in [0.4, 0.5) is 0 Å². The number of rotatable bonds is 6. The van der Waals surface area contributed by atoms with Gasteiger partial charge in [-0.2, -0.15) is 0 Å². The predicted molar refractivity (Wildman–Crippen MR) is 78.2 cm³/mol. The Labute approximate surface area is 121 Å². The molecular formula is C15H28N2O3. The molecule has 20 heavy (non-hydrogen) atoms. The fourth-order valence-electron chi connectivity index (χ4n) is 2.90. The molecule has 0 aromatic carbocycles. The highest BCUT2D eigenvalue weighted by atomic mass is 16.4. The standard InChI is InChI=1S/C15H28N2O3/c1-4-6-11-7-8-17(12(9-11)15(19)20)14(18)13(16)10(3)5-2/h10-13H,4-9,16H2,1-3H3,(H,19,20). The fraction of sp³-hybridized carbons (Fsp3) is 0.867. The van der Waals surface area contributed by atoms with Crippen molar-refractivity contribution in [2.45, 2.75) is 65.0 Å². The van der Waals surface area contributed by atoms with Crippen molar-refractivity contribution >= 4 is 11.9 Å². The summed E-state index contributed by atoms with van der Waals surface area (Å²) >= 11 is 0. The minimum Gasteiger partial charge on any atom is -0.480 e. The van der Waals surface area contributed by atoms with Gasteiger partial charge in [0.15, 0.2) is 0 Å². The van der Waals surface area contributed by atoms with Gasteiger partial charge in [-0.05, 0) is 24.7 Å². The molecule has 1 aliphatic rings. The Morgan fingerprint density at radius 1 is 1.40 bits per heavy atom. The van der Waals surface area contributed by atoms with Crippen LogP contribution in [0.25, 0.3) is 0 Å². The van der Waals surface area contributed by atoms with Crippen LogP contribution in [-0.2, 0) is 9.59 Å². The number of piperidine rings is 1. The van der Waals surface area contributed by atoms with Gasteiger partial charge in [0.25, 0.3) is 0 Å². The molecule has 1 fully saturated rings. The third-order valence-corrected chi connectivity index (χ3v) is 4.52. The molecule has 0 radical (unpaired) electrons. The van der Waals surface area contributed by atoms with E-state index >= 15 is 0 Å². The molecular weight excluding hydrogens is 256 g/mol. The van der Waals surface area contributed by atoms with Crippen LogP contribution in [0.3, 0.4) is 0 Å². The molecule has 0 bridgehead atoms. The summed E-state index contributed by atoms with van der Waals surface area (Å²) in [6.45, 7) is 6.54. The number of carboxylic acids is 1. The lowest BCUT2D eigenvalue weighted by molar-refractivity contribution is -0.154. The molecule has 1 saturated heterocycles. The second kappa shape index (κ2) is 7.62. The number of carboxylic acid groups (broad SMARTS) is 1. The lowest BCUT2D eigenvalue weighted by Gasteiger charge is -2.39. The first kappa shape index (κ1) is 17.0. The molecule has 116 valence electrons. The van der Waals surface area contributed by atoms with Gasteiger partial charge in [0.05, 0.1) is 6.04 Å². The summed E-state index contributed by atoms with van der Waals surface area (Å²) < 4.78 is 0. The summed E-state index contributed by atoms with van der Waals surface area (Å²) in [6, 6.07) is -1.30. The maximum atomic E-state index is 12.4. The molecule has 0 saturated carbocycles. The van der Waals surface area contributed by atoms with Crippen LogP contribution in [0.1, 0.15) is 52.9 Å². The first-order chi connectivity index (χ1) is 9.42. The first-order valence-electron chi connectivity index (χ1n) is 7.71. The number of carbonyl (C=O) groups excluding carboxylic acids is 1. The molecule has 0 aromatic heterocycles. The van der Waals surface area contributed by atoms with Crippen LogP contribution in [0.5, 0.6) is 0 Å². The summed E-state index contributed by atoms with van der Waals surface area (Å²) in [4.78, 5) is 25.4. The maximum Gasteiger partial charge on any atom is 0.326 e. The molecule has 5 heteroatoms. The summed E-state index contributed by atoms with van der Waals surface area (Å²) in [5, 5.41) is 9.39. The second-order valence-electron chi connectivity index (χ2n) is 5.98. The van der Waals surface area contributed by atoms with Gasteiger partial charge >= 0.3 is 5.97 Å². The van der Waals surface area contributed by atoms with Gasteiger partial charge in [0.1, 0.15) is 6.04 Å². The number of hydrogen-bond acceptors (Lipinski definition) is 3. The molecule has 4 atom stereocenters. The molecule has 0 spiro atoms. The average Bonchev–Trinajstić information content (AvgIpc) is 2.45. The average molecular weight is 284 g/mol. The van der Waals surface area contributed by atoms with E-state index in [1.54, 1.807) is 0 Å². The fourth-order valence-corrected chi connectivity index (χ4v) is 2.90. The third kappa shape index (κ3) is 3.95. The van der Waals surface area contributed by atoms with E-state index < -0.39 is 18.1 Å². The minimum atomic E-state index is -0.907. The van der Waals surface area contributed by atoms with E-state index in [-0.39, 0.29) is 11.8 Å². The Morgan fingerprint density at radius 3 is 2.55 bits per heavy atom. The highest BCUT2D eigenvalue weighted by molar-refractivity contribution is 5.87. The number of hydrogen-bond donors (Lipinski definition) is 2. The van der Waals surface area contributed by atoms with Gasteiger partial charge in [-0.25, -0.2) is 4.79 Å². The van der Waals surface area contributed by atoms with Gasteiger partial charge in [-0.15, -0.1) is 0 Å². The van der Waals surface area contributed by atoms with Crippen LogP contribution >= 0.6 is 0 Å². The topological polar surface area (TPSA) is 83.6 Å². The minimum absolute atomic E-state index is 0.0744. The zero-order chi connectivity index (χ0) is 15.3. The largest absolute Gasteiger partial charge is 0.480 e. The molecule has 3 N–H and O–H groups in total. The summed E-state index contributed by atoms with van der Waals surface area (Å²) in [5.74, 6) is -0.632. The van der Waals surface area contributed by atoms with Crippen molar-refractivity contribution in [3.05, 3.63) is 0 Å². The van der Waals surface area contributed by atoms with Crippen molar-refractivity contribution in [3.63, 3.8) is 0 Å². The van der Waals surface area contributed by atoms with E-state index in [9.17, 15) is 14.7 Å². The smallest absolute Gasteiger partial charge is 0.326 e. The number of nitrogens with zero attached hydrogens (tertiary/aromatic N) is 1. The van der Waals surface area contributed by atoms with Crippen molar-refractivity contribution in [1.29, 1.82) is 0 Å². The normalized spacial score (nSPS) is 26.1. The van der Waals surface area contributed by atoms with Crippen molar-refractivity contribution in [2.24, 2.45) is 17.6 Å². The zero-order valence-electron chi connectivity index (χ0n) is 12.8. The molecule has 1 rings (SSSR count). The van der Waals surface area contributed by atoms with E-state index in [4.69, 9.17) is 5.73 Å². The van der Waals surface area contributed by atoms with Crippen molar-refractivity contribution in [2.75, 3.05) is 6.54 Å². The third-order valence-electron chi connectivity index (χ3n) is 4.52. The van der Waals surface area contributed by atoms with E-state index in [1.165, 1.54) is 4.90 Å². The SMILES string of the molecule is CCCC1CCN(C(=O)C(N)C(C)CC)C(C(=O)O)C1. The Hall–Kier alpha value is -1.10. The Balaban J connectivity index is 2.77. The Kier molecular flexibility index (Phi) is 6.46. The molecule has 5 nitrogen and oxygen atoms in total. The van der Waals surface area contributed by atoms with Gasteiger partial charge in [0.2, 0.25) is 5.91 Å². The van der Waals surface area contributed by atoms with Crippen molar-refractivity contribution in [1.82, 2.24) is 4.90 Å². The molecule has 4 unspecified atom stereocenters. The van der Waals surface area contributed by atoms with Crippen LogP contribution in [0.15, 0.2) is 0 Å². The molecule has 0 aromatic rings. The zero-order valence-corrected chi connectivity index (χ0v) is 12.8. The molecule has 1 amide bonds. The first-order valence-corrected chi connectivity index (χ1v) is 7.71. The number of aliphatic carboxylic acids is 1. The second-order valence-corrected chi connectivity index (χ2v) is 5.98. The number of nitrogens with two attached hydrogens (primary N) is 1. The predicted octanol–water partition coefficient (Wildman–Crippen LogP) is 1.85.